The zero-order chi connectivity index (χ0) is 12.3. The van der Waals surface area contributed by atoms with Gasteiger partial charge in [-0.2, -0.15) is 5.26 Å². The molecule has 4 nitrogen and oxygen atoms in total. The third kappa shape index (κ3) is 7.63. The molecule has 0 fully saturated rings. The van der Waals surface area contributed by atoms with Gasteiger partial charge in [0, 0.05) is 33.4 Å². The van der Waals surface area contributed by atoms with Crippen molar-refractivity contribution in [2.45, 2.75) is 38.6 Å². The van der Waals surface area contributed by atoms with Crippen molar-refractivity contribution < 1.29 is 9.47 Å². The Morgan fingerprint density at radius 1 is 1.31 bits per heavy atom. The number of hydrogen-bond acceptors (Lipinski definition) is 4. The van der Waals surface area contributed by atoms with Crippen LogP contribution >= 0.6 is 0 Å². The van der Waals surface area contributed by atoms with Gasteiger partial charge in [-0.05, 0) is 26.3 Å². The average molecular weight is 228 g/mol. The van der Waals surface area contributed by atoms with Gasteiger partial charge in [0.2, 0.25) is 0 Å². The molecule has 0 saturated carbocycles. The molecule has 0 aromatic rings. The largest absolute Gasteiger partial charge is 0.385 e. The lowest BCUT2D eigenvalue weighted by molar-refractivity contribution is 0.0928. The topological polar surface area (TPSA) is 54.3 Å². The number of hydrogen-bond donors (Lipinski definition) is 1. The van der Waals surface area contributed by atoms with Gasteiger partial charge in [-0.3, -0.25) is 5.32 Å². The SMILES string of the molecule is CCCNC(C)(C#N)CCOCCCOC. The van der Waals surface area contributed by atoms with E-state index in [-0.39, 0.29) is 0 Å². The quantitative estimate of drug-likeness (QED) is 0.578. The molecule has 0 aromatic heterocycles. The van der Waals surface area contributed by atoms with Crippen molar-refractivity contribution in [2.24, 2.45) is 0 Å². The smallest absolute Gasteiger partial charge is 0.106 e. The Hall–Kier alpha value is -0.630. The van der Waals surface area contributed by atoms with E-state index >= 15 is 0 Å². The van der Waals surface area contributed by atoms with Crippen LogP contribution in [0.15, 0.2) is 0 Å². The molecule has 0 aliphatic carbocycles. The molecule has 0 spiro atoms. The van der Waals surface area contributed by atoms with Crippen LogP contribution in [0.5, 0.6) is 0 Å². The second kappa shape index (κ2) is 9.59. The van der Waals surface area contributed by atoms with Gasteiger partial charge >= 0.3 is 0 Å². The molecule has 0 aliphatic rings. The third-order valence-electron chi connectivity index (χ3n) is 2.40. The van der Waals surface area contributed by atoms with E-state index in [1.807, 2.05) is 6.92 Å². The zero-order valence-electron chi connectivity index (χ0n) is 10.7. The summed E-state index contributed by atoms with van der Waals surface area (Å²) >= 11 is 0. The summed E-state index contributed by atoms with van der Waals surface area (Å²) in [6, 6.07) is 2.30. The summed E-state index contributed by atoms with van der Waals surface area (Å²) in [5.41, 5.74) is -0.461. The molecule has 0 heterocycles. The van der Waals surface area contributed by atoms with Crippen molar-refractivity contribution in [3.05, 3.63) is 0 Å². The van der Waals surface area contributed by atoms with Crippen LogP contribution < -0.4 is 5.32 Å². The van der Waals surface area contributed by atoms with E-state index < -0.39 is 5.54 Å². The van der Waals surface area contributed by atoms with Gasteiger partial charge in [-0.15, -0.1) is 0 Å². The van der Waals surface area contributed by atoms with E-state index in [9.17, 15) is 0 Å². The van der Waals surface area contributed by atoms with Crippen LogP contribution in [0.4, 0.5) is 0 Å². The molecular formula is C12H24N2O2. The Balaban J connectivity index is 3.58. The summed E-state index contributed by atoms with van der Waals surface area (Å²) in [6.07, 6.45) is 2.66. The van der Waals surface area contributed by atoms with Crippen molar-refractivity contribution in [1.29, 1.82) is 5.26 Å². The Morgan fingerprint density at radius 3 is 2.62 bits per heavy atom. The maximum Gasteiger partial charge on any atom is 0.106 e. The average Bonchev–Trinajstić information content (AvgIpc) is 2.31. The molecule has 0 bridgehead atoms. The molecule has 1 N–H and O–H groups in total. The molecule has 1 unspecified atom stereocenters. The first-order chi connectivity index (χ1) is 7.68. The summed E-state index contributed by atoms with van der Waals surface area (Å²) < 4.78 is 10.4. The highest BCUT2D eigenvalue weighted by Gasteiger charge is 2.21. The fourth-order valence-corrected chi connectivity index (χ4v) is 1.27. The van der Waals surface area contributed by atoms with Gasteiger partial charge < -0.3 is 9.47 Å². The molecule has 0 amide bonds. The van der Waals surface area contributed by atoms with Crippen molar-refractivity contribution in [2.75, 3.05) is 33.5 Å². The van der Waals surface area contributed by atoms with Crippen LogP contribution in [0.1, 0.15) is 33.1 Å². The Kier molecular flexibility index (Phi) is 9.21. The van der Waals surface area contributed by atoms with Crippen molar-refractivity contribution >= 4 is 0 Å². The highest BCUT2D eigenvalue weighted by molar-refractivity contribution is 5.03. The first-order valence-corrected chi connectivity index (χ1v) is 5.91. The Morgan fingerprint density at radius 2 is 2.06 bits per heavy atom. The second-order valence-electron chi connectivity index (χ2n) is 4.08. The van der Waals surface area contributed by atoms with Gasteiger partial charge in [-0.25, -0.2) is 0 Å². The maximum absolute atomic E-state index is 9.06. The van der Waals surface area contributed by atoms with Gasteiger partial charge in [0.25, 0.3) is 0 Å². The van der Waals surface area contributed by atoms with Crippen molar-refractivity contribution in [3.8, 4) is 6.07 Å². The van der Waals surface area contributed by atoms with Crippen molar-refractivity contribution in [3.63, 3.8) is 0 Å². The van der Waals surface area contributed by atoms with E-state index in [4.69, 9.17) is 14.7 Å². The van der Waals surface area contributed by atoms with E-state index in [2.05, 4.69) is 18.3 Å². The highest BCUT2D eigenvalue weighted by atomic mass is 16.5. The number of ether oxygens (including phenoxy) is 2. The zero-order valence-corrected chi connectivity index (χ0v) is 10.7. The molecule has 94 valence electrons. The van der Waals surface area contributed by atoms with Crippen LogP contribution in [0, 0.1) is 11.3 Å². The minimum Gasteiger partial charge on any atom is -0.385 e. The van der Waals surface area contributed by atoms with E-state index in [0.717, 1.165) is 32.4 Å². The summed E-state index contributed by atoms with van der Waals surface area (Å²) in [7, 11) is 1.68. The molecule has 0 aliphatic heterocycles. The summed E-state index contributed by atoms with van der Waals surface area (Å²) in [6.45, 7) is 6.91. The van der Waals surface area contributed by atoms with Crippen LogP contribution in [0.2, 0.25) is 0 Å². The number of nitriles is 1. The lowest BCUT2D eigenvalue weighted by Gasteiger charge is -2.22. The second-order valence-corrected chi connectivity index (χ2v) is 4.08. The van der Waals surface area contributed by atoms with Crippen LogP contribution in [0.25, 0.3) is 0 Å². The lowest BCUT2D eigenvalue weighted by Crippen LogP contribution is -2.42. The van der Waals surface area contributed by atoms with Crippen LogP contribution in [0.3, 0.4) is 0 Å². The first kappa shape index (κ1) is 15.4. The molecule has 0 aromatic carbocycles. The fraction of sp³-hybridized carbons (Fsp3) is 0.917. The monoisotopic (exact) mass is 228 g/mol. The van der Waals surface area contributed by atoms with Gasteiger partial charge in [-0.1, -0.05) is 6.92 Å². The number of methoxy groups -OCH3 is 1. The van der Waals surface area contributed by atoms with E-state index in [1.165, 1.54) is 0 Å². The minimum absolute atomic E-state index is 0.461. The predicted molar refractivity (Wildman–Crippen MR) is 64.2 cm³/mol. The first-order valence-electron chi connectivity index (χ1n) is 5.91. The summed E-state index contributed by atoms with van der Waals surface area (Å²) in [5, 5.41) is 12.3. The third-order valence-corrected chi connectivity index (χ3v) is 2.40. The number of nitrogens with one attached hydrogen (secondary N) is 1. The van der Waals surface area contributed by atoms with Gasteiger partial charge in [0.1, 0.15) is 5.54 Å². The lowest BCUT2D eigenvalue weighted by atomic mass is 10.0. The van der Waals surface area contributed by atoms with E-state index in [0.29, 0.717) is 13.2 Å². The van der Waals surface area contributed by atoms with E-state index in [1.54, 1.807) is 7.11 Å². The van der Waals surface area contributed by atoms with Gasteiger partial charge in [0.15, 0.2) is 0 Å². The van der Waals surface area contributed by atoms with Gasteiger partial charge in [0.05, 0.1) is 6.07 Å². The Bertz CT molecular complexity index is 204. The van der Waals surface area contributed by atoms with Crippen LogP contribution in [-0.2, 0) is 9.47 Å². The predicted octanol–water partition coefficient (Wildman–Crippen LogP) is 1.71. The molecule has 0 saturated heterocycles. The fourth-order valence-electron chi connectivity index (χ4n) is 1.27. The molecule has 0 rings (SSSR count). The molecule has 4 heteroatoms. The summed E-state index contributed by atoms with van der Waals surface area (Å²) in [5.74, 6) is 0. The number of nitrogens with zero attached hydrogens (tertiary/aromatic N) is 1. The molecule has 1 atom stereocenters. The maximum atomic E-state index is 9.06. The standard InChI is InChI=1S/C12H24N2O2/c1-4-7-14-12(2,11-13)6-10-16-9-5-8-15-3/h14H,4-10H2,1-3H3. The highest BCUT2D eigenvalue weighted by Crippen LogP contribution is 2.08. The van der Waals surface area contributed by atoms with Crippen molar-refractivity contribution in [1.82, 2.24) is 5.32 Å². The normalized spacial score (nSPS) is 14.4. The minimum atomic E-state index is -0.461. The Labute approximate surface area is 98.9 Å². The number of rotatable bonds is 10. The molecule has 0 radical (unpaired) electrons. The molecule has 16 heavy (non-hydrogen) atoms. The van der Waals surface area contributed by atoms with Crippen LogP contribution in [-0.4, -0.2) is 39.0 Å². The molecular weight excluding hydrogens is 204 g/mol. The summed E-state index contributed by atoms with van der Waals surface area (Å²) in [4.78, 5) is 0.